The summed E-state index contributed by atoms with van der Waals surface area (Å²) >= 11 is 3.70. The molecule has 27 nitrogen and oxygen atoms in total. The van der Waals surface area contributed by atoms with Crippen molar-refractivity contribution in [2.75, 3.05) is 45.8 Å². The quantitative estimate of drug-likeness (QED) is 0.0458. The Hall–Kier alpha value is -10.2. The molecule has 12 aromatic rings. The minimum absolute atomic E-state index is 0.466. The van der Waals surface area contributed by atoms with E-state index < -0.39 is 0 Å². The summed E-state index contributed by atoms with van der Waals surface area (Å²) in [4.78, 5) is 41.8. The lowest BCUT2D eigenvalue weighted by molar-refractivity contribution is 0.207. The number of H-pyrrole nitrogens is 4. The molecule has 14 rings (SSSR count). The number of rotatable bonds is 22. The van der Waals surface area contributed by atoms with Crippen LogP contribution >= 0.6 is 22.7 Å². The second kappa shape index (κ2) is 29.4. The van der Waals surface area contributed by atoms with Crippen LogP contribution in [-0.4, -0.2) is 173 Å². The number of nitrogens with one attached hydrogen (secondary N) is 4. The van der Waals surface area contributed by atoms with Gasteiger partial charge in [-0.15, -0.1) is 58.4 Å². The van der Waals surface area contributed by atoms with E-state index in [1.807, 2.05) is 96.3 Å². The van der Waals surface area contributed by atoms with E-state index in [0.717, 1.165) is 113 Å². The molecular weight excluding hydrogens is 1190 g/mol. The number of hydrogen-bond donors (Lipinski definition) is 4. The van der Waals surface area contributed by atoms with Crippen LogP contribution in [0.1, 0.15) is 73.1 Å². The normalized spacial score (nSPS) is 14.0. The molecule has 1 saturated heterocycles. The van der Waals surface area contributed by atoms with Gasteiger partial charge in [-0.25, -0.2) is 30.0 Å². The monoisotopic (exact) mass is 1250 g/mol. The van der Waals surface area contributed by atoms with E-state index in [-0.39, 0.29) is 0 Å². The molecule has 0 amide bonds. The number of aromatic amines is 4. The van der Waals surface area contributed by atoms with E-state index in [1.54, 1.807) is 17.5 Å². The van der Waals surface area contributed by atoms with E-state index in [4.69, 9.17) is 29.9 Å². The molecule has 14 heterocycles. The Labute approximate surface area is 530 Å². The van der Waals surface area contributed by atoms with Gasteiger partial charge in [-0.3, -0.25) is 24.8 Å². The van der Waals surface area contributed by atoms with Gasteiger partial charge in [-0.2, -0.15) is 15.5 Å². The second-order valence-electron chi connectivity index (χ2n) is 21.8. The molecule has 0 saturated carbocycles. The Morgan fingerprint density at radius 3 is 1.58 bits per heavy atom. The smallest absolute Gasteiger partial charge is 0.222 e. The van der Waals surface area contributed by atoms with E-state index in [0.29, 0.717) is 66.4 Å². The topological polar surface area (TPSA) is 329 Å². The SMILES string of the molecule is CCCCCCCCc1ccc(-c2ccc(-c3cc(-c4cccc(-c5cnn[nH]5)n4)nc(-c4cccc(-c5nnn[nH]5)n4)c3)s2)s1.c1cc(CN2CCN(Cc3cccc(-c4nn[nH]n4)n3)CCN(Cc3cccc(-c4nn[nH]n4)n3)CC2)nc(C2=NN=NC2)c1. The van der Waals surface area contributed by atoms with E-state index in [1.165, 1.54) is 53.2 Å². The number of hydrogen-bond acceptors (Lipinski definition) is 25. The summed E-state index contributed by atoms with van der Waals surface area (Å²) in [6.07, 6.45) is 10.7. The summed E-state index contributed by atoms with van der Waals surface area (Å²) in [6, 6.07) is 42.7. The fourth-order valence-corrected chi connectivity index (χ4v) is 12.8. The van der Waals surface area contributed by atoms with Gasteiger partial charge in [0.2, 0.25) is 11.6 Å². The van der Waals surface area contributed by atoms with Crippen molar-refractivity contribution in [3.8, 4) is 88.9 Å². The molecule has 0 aliphatic carbocycles. The van der Waals surface area contributed by atoms with Crippen LogP contribution in [0, 0.1) is 0 Å². The minimum Gasteiger partial charge on any atom is -0.295 e. The van der Waals surface area contributed by atoms with Gasteiger partial charge in [0.15, 0.2) is 5.82 Å². The summed E-state index contributed by atoms with van der Waals surface area (Å²) in [5.41, 5.74) is 12.0. The number of aromatic nitrogens is 21. The van der Waals surface area contributed by atoms with E-state index >= 15 is 0 Å². The molecule has 0 atom stereocenters. The van der Waals surface area contributed by atoms with Crippen molar-refractivity contribution < 1.29 is 0 Å². The molecule has 0 aromatic carbocycles. The number of aryl methyl sites for hydroxylation is 1. The van der Waals surface area contributed by atoms with Gasteiger partial charge in [0.1, 0.15) is 35.0 Å². The van der Waals surface area contributed by atoms with Crippen LogP contribution < -0.4 is 0 Å². The van der Waals surface area contributed by atoms with Gasteiger partial charge in [-0.05, 0) is 142 Å². The summed E-state index contributed by atoms with van der Waals surface area (Å²) in [7, 11) is 0. The number of nitrogens with zero attached hydrogens (tertiary/aromatic N) is 23. The van der Waals surface area contributed by atoms with Crippen molar-refractivity contribution in [3.63, 3.8) is 0 Å². The first-order chi connectivity index (χ1) is 45.0. The van der Waals surface area contributed by atoms with Gasteiger partial charge < -0.3 is 0 Å². The summed E-state index contributed by atoms with van der Waals surface area (Å²) < 4.78 is 0. The molecule has 0 bridgehead atoms. The third-order valence-corrected chi connectivity index (χ3v) is 17.8. The number of tetrazole rings is 3. The zero-order valence-corrected chi connectivity index (χ0v) is 51.5. The van der Waals surface area contributed by atoms with Gasteiger partial charge in [0.25, 0.3) is 0 Å². The molecule has 29 heteroatoms. The molecule has 1 fully saturated rings. The van der Waals surface area contributed by atoms with Crippen LogP contribution in [0.5, 0.6) is 0 Å². The lowest BCUT2D eigenvalue weighted by Gasteiger charge is -2.25. The fraction of sp³-hybridized carbons (Fsp3) is 0.290. The molecule has 12 aromatic heterocycles. The Bertz CT molecular complexity index is 4130. The van der Waals surface area contributed by atoms with Crippen LogP contribution in [0.2, 0.25) is 0 Å². The van der Waals surface area contributed by atoms with Crippen LogP contribution in [0.4, 0.5) is 0 Å². The highest BCUT2D eigenvalue weighted by molar-refractivity contribution is 7.23. The predicted octanol–water partition coefficient (Wildman–Crippen LogP) is 9.75. The molecule has 0 radical (unpaired) electrons. The van der Waals surface area contributed by atoms with Crippen LogP contribution in [-0.2, 0) is 26.1 Å². The van der Waals surface area contributed by atoms with Gasteiger partial charge in [-0.1, -0.05) is 74.6 Å². The minimum atomic E-state index is 0.466. The molecule has 91 heavy (non-hydrogen) atoms. The fourth-order valence-electron chi connectivity index (χ4n) is 10.7. The van der Waals surface area contributed by atoms with Crippen molar-refractivity contribution in [3.05, 3.63) is 161 Å². The molecule has 2 aliphatic rings. The highest BCUT2D eigenvalue weighted by atomic mass is 32.1. The van der Waals surface area contributed by atoms with Gasteiger partial charge >= 0.3 is 0 Å². The summed E-state index contributed by atoms with van der Waals surface area (Å²) in [5.74, 6) is 1.46. The number of unbranched alkanes of at least 4 members (excludes halogenated alkanes) is 5. The first kappa shape index (κ1) is 59.7. The Morgan fingerprint density at radius 1 is 0.462 bits per heavy atom. The first-order valence-electron chi connectivity index (χ1n) is 30.2. The largest absolute Gasteiger partial charge is 0.295 e. The average molecular weight is 1250 g/mol. The summed E-state index contributed by atoms with van der Waals surface area (Å²) in [5, 5.41) is 65.4. The van der Waals surface area contributed by atoms with Crippen LogP contribution in [0.15, 0.2) is 149 Å². The van der Waals surface area contributed by atoms with Gasteiger partial charge in [0, 0.05) is 78.4 Å². The van der Waals surface area contributed by atoms with E-state index in [2.05, 4.69) is 157 Å². The van der Waals surface area contributed by atoms with Crippen molar-refractivity contribution in [2.45, 2.75) is 71.5 Å². The molecule has 458 valence electrons. The maximum atomic E-state index is 5.04. The van der Waals surface area contributed by atoms with Crippen molar-refractivity contribution in [1.29, 1.82) is 0 Å². The van der Waals surface area contributed by atoms with Crippen molar-refractivity contribution in [2.24, 2.45) is 15.4 Å². The highest BCUT2D eigenvalue weighted by Crippen LogP contribution is 2.40. The Kier molecular flexibility index (Phi) is 19.3. The maximum Gasteiger partial charge on any atom is 0.222 e. The summed E-state index contributed by atoms with van der Waals surface area (Å²) in [6.45, 7) is 10.1. The maximum absolute atomic E-state index is 5.04. The third kappa shape index (κ3) is 15.6. The Balaban J connectivity index is 0.000000167. The number of thiophene rings is 2. The third-order valence-electron chi connectivity index (χ3n) is 15.4. The zero-order chi connectivity index (χ0) is 61.4. The molecular formula is C62H63N27S2. The predicted molar refractivity (Wildman–Crippen MR) is 344 cm³/mol. The van der Waals surface area contributed by atoms with Crippen molar-refractivity contribution >= 4 is 28.4 Å². The Morgan fingerprint density at radius 2 is 1.00 bits per heavy atom. The molecule has 0 unspecified atom stereocenters. The second-order valence-corrected chi connectivity index (χ2v) is 24.0. The standard InChI is InChI=1S/C34H32N10S2.C28H31N17/c1-2-3-4-5-6-7-10-23-15-16-32(45-23)33-18-17-31(46-33)22-19-28(24-11-8-13-26(36-24)30-21-35-42-39-30)38-29(20-22)25-12-9-14-27(37-25)34-40-43-44-41-34;1-4-20(30-23(7-1)26-16-29-38-33-26)17-43-10-12-44(18-21-5-2-8-24(31-21)27-34-39-40-35-27)14-15-45(13-11-43)19-22-6-3-9-25(32-22)28-36-41-42-37-28/h8-9,11-21H,2-7,10H2,1H3,(H,35,39,42)(H,40,41,43,44);1-9H,10-19H2,(H,34,35,39,40)(H,36,37,41,42). The zero-order valence-electron chi connectivity index (χ0n) is 49.8. The van der Waals surface area contributed by atoms with Crippen molar-refractivity contribution in [1.82, 2.24) is 122 Å². The molecule has 4 N–H and O–H groups in total. The van der Waals surface area contributed by atoms with E-state index in [9.17, 15) is 0 Å². The lowest BCUT2D eigenvalue weighted by atomic mass is 10.1. The average Bonchev–Trinajstić information content (AvgIpc) is 2.91. The van der Waals surface area contributed by atoms with Crippen LogP contribution in [0.3, 0.4) is 0 Å². The number of pyridine rings is 6. The first-order valence-corrected chi connectivity index (χ1v) is 31.8. The van der Waals surface area contributed by atoms with Gasteiger partial charge in [0.05, 0.1) is 57.4 Å². The highest BCUT2D eigenvalue weighted by Gasteiger charge is 2.22. The lowest BCUT2D eigenvalue weighted by Crippen LogP contribution is -2.35. The van der Waals surface area contributed by atoms with Crippen LogP contribution in [0.25, 0.3) is 88.9 Å². The molecule has 0 spiro atoms. The molecule has 2 aliphatic heterocycles.